The Balaban J connectivity index is 1.47. The molecule has 0 bridgehead atoms. The van der Waals surface area contributed by atoms with E-state index in [1.54, 1.807) is 6.20 Å². The van der Waals surface area contributed by atoms with Crippen LogP contribution in [0.15, 0.2) is 52.6 Å². The van der Waals surface area contributed by atoms with Gasteiger partial charge in [0, 0.05) is 29.9 Å². The maximum atomic E-state index is 12.0. The number of hydrogen-bond donors (Lipinski definition) is 1. The van der Waals surface area contributed by atoms with Gasteiger partial charge in [-0.25, -0.2) is 9.97 Å². The number of hydrogen-bond acceptors (Lipinski definition) is 7. The molecule has 0 unspecified atom stereocenters. The van der Waals surface area contributed by atoms with Gasteiger partial charge in [0.1, 0.15) is 17.4 Å². The smallest absolute Gasteiger partial charge is 0.232 e. The van der Waals surface area contributed by atoms with E-state index in [0.29, 0.717) is 41.5 Å². The van der Waals surface area contributed by atoms with Crippen molar-refractivity contribution in [1.82, 2.24) is 19.9 Å². The molecule has 1 fully saturated rings. The molecule has 0 radical (unpaired) electrons. The van der Waals surface area contributed by atoms with E-state index >= 15 is 0 Å². The van der Waals surface area contributed by atoms with Gasteiger partial charge in [-0.3, -0.25) is 4.79 Å². The number of carbonyl (C=O) groups is 1. The van der Waals surface area contributed by atoms with Gasteiger partial charge in [-0.1, -0.05) is 25.1 Å². The van der Waals surface area contributed by atoms with Crippen LogP contribution in [-0.2, 0) is 17.6 Å². The summed E-state index contributed by atoms with van der Waals surface area (Å²) in [7, 11) is 0. The van der Waals surface area contributed by atoms with Crippen LogP contribution in [0.4, 0.5) is 11.8 Å². The van der Waals surface area contributed by atoms with Crippen LogP contribution < -0.4 is 5.32 Å². The zero-order chi connectivity index (χ0) is 20.2. The van der Waals surface area contributed by atoms with Crippen molar-refractivity contribution < 1.29 is 4.79 Å². The third-order valence-electron chi connectivity index (χ3n) is 4.67. The second-order valence-corrected chi connectivity index (χ2v) is 8.26. The molecule has 1 N–H and O–H groups in total. The van der Waals surface area contributed by atoms with Gasteiger partial charge in [0.15, 0.2) is 5.16 Å². The third kappa shape index (κ3) is 5.38. The second kappa shape index (κ2) is 8.69. The minimum absolute atomic E-state index is 0.302. The zero-order valence-electron chi connectivity index (χ0n) is 16.6. The Kier molecular flexibility index (Phi) is 5.85. The van der Waals surface area contributed by atoms with E-state index in [0.717, 1.165) is 34.7 Å². The van der Waals surface area contributed by atoms with Gasteiger partial charge < -0.3 is 5.32 Å². The van der Waals surface area contributed by atoms with Crippen molar-refractivity contribution in [2.24, 2.45) is 5.92 Å². The summed E-state index contributed by atoms with van der Waals surface area (Å²) in [6, 6.07) is 12.0. The molecule has 1 aliphatic rings. The van der Waals surface area contributed by atoms with Gasteiger partial charge in [-0.15, -0.1) is 0 Å². The summed E-state index contributed by atoms with van der Waals surface area (Å²) in [6.07, 6.45) is 5.16. The second-order valence-electron chi connectivity index (χ2n) is 7.22. The van der Waals surface area contributed by atoms with Crippen LogP contribution in [0.25, 0.3) is 0 Å². The maximum absolute atomic E-state index is 12.0. The first kappa shape index (κ1) is 19.5. The minimum Gasteiger partial charge on any atom is -0.309 e. The Morgan fingerprint density at radius 2 is 1.90 bits per heavy atom. The number of nitrogens with zero attached hydrogens (tertiary/aromatic N) is 4. The van der Waals surface area contributed by atoms with E-state index < -0.39 is 0 Å². The minimum atomic E-state index is 0.302. The summed E-state index contributed by atoms with van der Waals surface area (Å²) < 4.78 is 0. The fraction of sp³-hybridized carbons (Fsp3) is 0.318. The van der Waals surface area contributed by atoms with E-state index in [1.807, 2.05) is 50.2 Å². The summed E-state index contributed by atoms with van der Waals surface area (Å²) in [5.74, 6) is 2.57. The molecular weight excluding hydrogens is 382 g/mol. The average Bonchev–Trinajstić information content (AvgIpc) is 3.56. The van der Waals surface area contributed by atoms with Gasteiger partial charge >= 0.3 is 0 Å². The lowest BCUT2D eigenvalue weighted by Gasteiger charge is -2.08. The van der Waals surface area contributed by atoms with Gasteiger partial charge in [0.05, 0.1) is 0 Å². The van der Waals surface area contributed by atoms with Crippen molar-refractivity contribution in [2.75, 3.05) is 5.32 Å². The Morgan fingerprint density at radius 3 is 2.55 bits per heavy atom. The lowest BCUT2D eigenvalue weighted by atomic mass is 10.1. The van der Waals surface area contributed by atoms with Crippen molar-refractivity contribution in [3.8, 4) is 0 Å². The monoisotopic (exact) mass is 405 g/mol. The lowest BCUT2D eigenvalue weighted by Crippen LogP contribution is -2.05. The summed E-state index contributed by atoms with van der Waals surface area (Å²) >= 11 is 1.48. The number of benzene rings is 1. The highest BCUT2D eigenvalue weighted by Gasteiger charge is 2.28. The molecule has 1 aliphatic carbocycles. The largest absolute Gasteiger partial charge is 0.309 e. The van der Waals surface area contributed by atoms with E-state index in [-0.39, 0.29) is 0 Å². The van der Waals surface area contributed by atoms with Crippen molar-refractivity contribution in [3.63, 3.8) is 0 Å². The number of carbonyl (C=O) groups excluding carboxylic acids is 1. The number of aromatic nitrogens is 4. The number of ketones is 1. The third-order valence-corrected chi connectivity index (χ3v) is 5.55. The van der Waals surface area contributed by atoms with Crippen LogP contribution in [0.1, 0.15) is 36.7 Å². The predicted octanol–water partition coefficient (Wildman–Crippen LogP) is 4.55. The van der Waals surface area contributed by atoms with Crippen LogP contribution in [0.5, 0.6) is 0 Å². The molecule has 0 saturated heterocycles. The van der Waals surface area contributed by atoms with E-state index in [9.17, 15) is 4.79 Å². The summed E-state index contributed by atoms with van der Waals surface area (Å²) in [4.78, 5) is 30.9. The molecule has 0 atom stereocenters. The molecule has 6 nitrogen and oxygen atoms in total. The first-order valence-electron chi connectivity index (χ1n) is 9.83. The fourth-order valence-corrected chi connectivity index (χ4v) is 3.61. The van der Waals surface area contributed by atoms with Crippen molar-refractivity contribution in [1.29, 1.82) is 0 Å². The van der Waals surface area contributed by atoms with Crippen molar-refractivity contribution in [3.05, 3.63) is 59.5 Å². The Labute approximate surface area is 174 Å². The highest BCUT2D eigenvalue weighted by atomic mass is 32.2. The molecule has 7 heteroatoms. The van der Waals surface area contributed by atoms with Crippen LogP contribution in [0.2, 0.25) is 0 Å². The zero-order valence-corrected chi connectivity index (χ0v) is 17.4. The molecular formula is C22H23N5OS. The Morgan fingerprint density at radius 1 is 1.10 bits per heavy atom. The van der Waals surface area contributed by atoms with E-state index in [4.69, 9.17) is 0 Å². The average molecular weight is 406 g/mol. The van der Waals surface area contributed by atoms with Gasteiger partial charge in [-0.2, -0.15) is 9.97 Å². The standard InChI is InChI=1S/C22H23N5OS/c1-3-19-24-21(25-20-11-4-14(2)13-23-20)27-22(26-19)29-17-9-5-15(6-10-17)12-18(28)16-7-8-16/h4-6,9-11,13,16H,3,7-8,12H2,1-2H3,(H,23,24,25,26,27). The number of pyridine rings is 1. The molecule has 4 rings (SSSR count). The summed E-state index contributed by atoms with van der Waals surface area (Å²) in [5.41, 5.74) is 2.16. The van der Waals surface area contributed by atoms with Crippen molar-refractivity contribution in [2.45, 2.75) is 49.6 Å². The molecule has 2 aromatic heterocycles. The normalized spacial score (nSPS) is 13.3. The Hall–Kier alpha value is -2.80. The highest BCUT2D eigenvalue weighted by molar-refractivity contribution is 7.99. The molecule has 29 heavy (non-hydrogen) atoms. The number of rotatable bonds is 8. The predicted molar refractivity (Wildman–Crippen MR) is 113 cm³/mol. The molecule has 0 amide bonds. The maximum Gasteiger partial charge on any atom is 0.232 e. The molecule has 1 saturated carbocycles. The number of nitrogens with one attached hydrogen (secondary N) is 1. The quantitative estimate of drug-likeness (QED) is 0.588. The topological polar surface area (TPSA) is 80.7 Å². The van der Waals surface area contributed by atoms with E-state index in [2.05, 4.69) is 25.3 Å². The van der Waals surface area contributed by atoms with Gasteiger partial charge in [0.2, 0.25) is 5.95 Å². The van der Waals surface area contributed by atoms with Gasteiger partial charge in [-0.05, 0) is 60.9 Å². The first-order valence-corrected chi connectivity index (χ1v) is 10.6. The molecule has 0 aliphatic heterocycles. The molecule has 0 spiro atoms. The fourth-order valence-electron chi connectivity index (χ4n) is 2.85. The van der Waals surface area contributed by atoms with Gasteiger partial charge in [0.25, 0.3) is 0 Å². The molecule has 148 valence electrons. The summed E-state index contributed by atoms with van der Waals surface area (Å²) in [5, 5.41) is 3.79. The number of Topliss-reactive ketones (excluding diaryl/α,β-unsaturated/α-hetero) is 1. The molecule has 2 heterocycles. The van der Waals surface area contributed by atoms with Crippen LogP contribution in [-0.4, -0.2) is 25.7 Å². The van der Waals surface area contributed by atoms with Crippen LogP contribution in [0, 0.1) is 12.8 Å². The first-order chi connectivity index (χ1) is 14.1. The lowest BCUT2D eigenvalue weighted by molar-refractivity contribution is -0.119. The Bertz CT molecular complexity index is 1000. The summed E-state index contributed by atoms with van der Waals surface area (Å²) in [6.45, 7) is 4.01. The number of aryl methyl sites for hydroxylation is 2. The SMILES string of the molecule is CCc1nc(Nc2ccc(C)cn2)nc(Sc2ccc(CC(=O)C3CC3)cc2)n1. The number of anilines is 2. The highest BCUT2D eigenvalue weighted by Crippen LogP contribution is 2.31. The van der Waals surface area contributed by atoms with Crippen LogP contribution >= 0.6 is 11.8 Å². The van der Waals surface area contributed by atoms with Crippen LogP contribution in [0.3, 0.4) is 0 Å². The molecule has 1 aromatic carbocycles. The van der Waals surface area contributed by atoms with E-state index in [1.165, 1.54) is 11.8 Å². The van der Waals surface area contributed by atoms with Crippen molar-refractivity contribution >= 4 is 29.3 Å². The molecule has 3 aromatic rings.